The van der Waals surface area contributed by atoms with Crippen LogP contribution in [0.3, 0.4) is 0 Å². The minimum atomic E-state index is -2.16. The summed E-state index contributed by atoms with van der Waals surface area (Å²) in [5, 5.41) is 23.0. The normalized spacial score (nSPS) is 8.06. The number of nitrogens with zero attached hydrogens (tertiary/aromatic N) is 4. The van der Waals surface area contributed by atoms with Gasteiger partial charge in [-0.3, -0.25) is 5.26 Å². The zero-order valence-corrected chi connectivity index (χ0v) is 12.8. The first-order valence-electron chi connectivity index (χ1n) is 4.24. The molecule has 0 aliphatic rings. The van der Waals surface area contributed by atoms with Crippen molar-refractivity contribution in [3.05, 3.63) is 0 Å². The molecule has 0 rings (SSSR count). The van der Waals surface area contributed by atoms with Crippen LogP contribution in [-0.4, -0.2) is 49.5 Å². The van der Waals surface area contributed by atoms with E-state index >= 15 is 0 Å². The van der Waals surface area contributed by atoms with E-state index in [4.69, 9.17) is 15.8 Å². The van der Waals surface area contributed by atoms with Crippen molar-refractivity contribution in [1.82, 2.24) is 0 Å². The lowest BCUT2D eigenvalue weighted by molar-refractivity contribution is -0.237. The van der Waals surface area contributed by atoms with E-state index in [0.717, 1.165) is 0 Å². The molecule has 0 fully saturated rings. The van der Waals surface area contributed by atoms with Gasteiger partial charge in [-0.05, 0) is 19.4 Å². The summed E-state index contributed by atoms with van der Waals surface area (Å²) in [7, 11) is -2.21. The van der Waals surface area contributed by atoms with Crippen molar-refractivity contribution in [3.8, 4) is 12.4 Å². The van der Waals surface area contributed by atoms with Gasteiger partial charge in [0.25, 0.3) is 0 Å². The van der Waals surface area contributed by atoms with Crippen molar-refractivity contribution in [2.45, 2.75) is 6.92 Å². The Hall–Kier alpha value is -0.935. The van der Waals surface area contributed by atoms with Gasteiger partial charge >= 0.3 is 0 Å². The van der Waals surface area contributed by atoms with Crippen LogP contribution in [0.2, 0.25) is 0 Å². The first kappa shape index (κ1) is 25.8. The van der Waals surface area contributed by atoms with Crippen molar-refractivity contribution in [2.24, 2.45) is 8.73 Å². The Morgan fingerprint density at radius 2 is 1.72 bits per heavy atom. The van der Waals surface area contributed by atoms with Crippen molar-refractivity contribution in [3.63, 3.8) is 0 Å². The highest BCUT2D eigenvalue weighted by molar-refractivity contribution is 7.92. The smallest absolute Gasteiger partial charge is 0.214 e. The summed E-state index contributed by atoms with van der Waals surface area (Å²) in [4.78, 5) is 3.54. The summed E-state index contributed by atoms with van der Waals surface area (Å²) in [6, 6.07) is 0. The van der Waals surface area contributed by atoms with Gasteiger partial charge in [0.1, 0.15) is 0 Å². The van der Waals surface area contributed by atoms with E-state index in [-0.39, 0.29) is 19.1 Å². The topological polar surface area (TPSA) is 119 Å². The lowest BCUT2D eigenvalue weighted by atomic mass is 10.8. The third kappa shape index (κ3) is 59.7. The standard InChI is InChI=1S/C3H6N2OS.C3H6N2S.C2H6O2.B/c1-7(2,6)5-3-4;1-6(2)5-3-4;1-2-4-3;/h1-2H3;1-2H3;3H,2H2,1H3;. The maximum Gasteiger partial charge on any atom is 0.214 e. The molecule has 0 bridgehead atoms. The molecule has 0 aromatic rings. The third-order valence-corrected chi connectivity index (χ3v) is 1.58. The van der Waals surface area contributed by atoms with Crippen molar-refractivity contribution in [2.75, 3.05) is 31.6 Å². The molecule has 0 saturated heterocycles. The van der Waals surface area contributed by atoms with Crippen LogP contribution < -0.4 is 0 Å². The molecule has 0 aliphatic heterocycles. The highest BCUT2D eigenvalue weighted by Crippen LogP contribution is 1.77. The summed E-state index contributed by atoms with van der Waals surface area (Å²) in [5.74, 6) is 0. The summed E-state index contributed by atoms with van der Waals surface area (Å²) in [6.45, 7) is 2.08. The summed E-state index contributed by atoms with van der Waals surface area (Å²) in [6.07, 6.45) is 9.77. The molecule has 0 aromatic carbocycles. The average Bonchev–Trinajstić information content (AvgIpc) is 2.17. The molecule has 3 radical (unpaired) electrons. The van der Waals surface area contributed by atoms with Crippen LogP contribution >= 0.6 is 0 Å². The van der Waals surface area contributed by atoms with E-state index in [9.17, 15) is 4.21 Å². The first-order valence-corrected chi connectivity index (χ1v) is 8.57. The summed E-state index contributed by atoms with van der Waals surface area (Å²) in [5.41, 5.74) is 0. The second-order valence-corrected chi connectivity index (χ2v) is 7.03. The van der Waals surface area contributed by atoms with Gasteiger partial charge in [0.05, 0.1) is 16.3 Å². The zero-order valence-electron chi connectivity index (χ0n) is 11.2. The average molecular weight is 293 g/mol. The summed E-state index contributed by atoms with van der Waals surface area (Å²) < 4.78 is 16.9. The minimum absolute atomic E-state index is 0. The summed E-state index contributed by atoms with van der Waals surface area (Å²) >= 11 is 0. The third-order valence-electron chi connectivity index (χ3n) is 0.613. The quantitative estimate of drug-likeness (QED) is 0.332. The fourth-order valence-electron chi connectivity index (χ4n) is 0.180. The molecule has 0 unspecified atom stereocenters. The number of rotatable bonds is 1. The highest BCUT2D eigenvalue weighted by Gasteiger charge is 1.82. The Balaban J connectivity index is -0.0000000823. The molecule has 103 valence electrons. The van der Waals surface area contributed by atoms with Crippen molar-refractivity contribution >= 4 is 28.8 Å². The number of nitriles is 2. The maximum absolute atomic E-state index is 10.4. The lowest BCUT2D eigenvalue weighted by Gasteiger charge is -1.80. The second kappa shape index (κ2) is 18.4. The monoisotopic (exact) mass is 293 g/mol. The SMILES string of the molecule is CCOO.CS(C)(=O)=NC#N.CS(C)=NC#N.[B]. The molecule has 0 atom stereocenters. The fraction of sp³-hybridized carbons (Fsp3) is 0.750. The fourth-order valence-corrected chi connectivity index (χ4v) is 0.540. The van der Waals surface area contributed by atoms with Crippen molar-refractivity contribution in [1.29, 1.82) is 10.5 Å². The van der Waals surface area contributed by atoms with E-state index in [1.54, 1.807) is 13.1 Å². The number of hydrogen-bond acceptors (Lipinski definition) is 7. The van der Waals surface area contributed by atoms with Gasteiger partial charge in [0.2, 0.25) is 12.4 Å². The van der Waals surface area contributed by atoms with E-state index in [1.807, 2.05) is 12.5 Å². The van der Waals surface area contributed by atoms with Crippen molar-refractivity contribution < 1.29 is 14.4 Å². The molecule has 0 aromatic heterocycles. The largest absolute Gasteiger partial charge is 0.252 e. The molecular formula is C8H18BN4O3S2. The van der Waals surface area contributed by atoms with Crippen LogP contribution in [0.5, 0.6) is 0 Å². The Labute approximate surface area is 114 Å². The Bertz CT molecular complexity index is 392. The van der Waals surface area contributed by atoms with Gasteiger partial charge in [0.15, 0.2) is 0 Å². The highest BCUT2D eigenvalue weighted by atomic mass is 32.2. The van der Waals surface area contributed by atoms with Gasteiger partial charge in [-0.2, -0.15) is 14.9 Å². The van der Waals surface area contributed by atoms with E-state index in [2.05, 4.69) is 13.6 Å². The Morgan fingerprint density at radius 3 is 1.72 bits per heavy atom. The van der Waals surface area contributed by atoms with E-state index < -0.39 is 9.73 Å². The molecule has 0 aliphatic carbocycles. The van der Waals surface area contributed by atoms with E-state index in [1.165, 1.54) is 18.7 Å². The minimum Gasteiger partial charge on any atom is -0.252 e. The molecule has 0 heterocycles. The van der Waals surface area contributed by atoms with Crippen LogP contribution in [0.4, 0.5) is 0 Å². The molecule has 0 amide bonds. The van der Waals surface area contributed by atoms with E-state index in [0.29, 0.717) is 6.61 Å². The molecule has 0 saturated carbocycles. The second-order valence-electron chi connectivity index (χ2n) is 2.76. The van der Waals surface area contributed by atoms with Gasteiger partial charge in [-0.15, -0.1) is 4.36 Å². The Morgan fingerprint density at radius 1 is 1.33 bits per heavy atom. The first-order chi connectivity index (χ1) is 7.74. The van der Waals surface area contributed by atoms with Crippen LogP contribution in [0.15, 0.2) is 8.73 Å². The van der Waals surface area contributed by atoms with Gasteiger partial charge in [0, 0.05) is 20.9 Å². The molecule has 0 spiro atoms. The molecule has 18 heavy (non-hydrogen) atoms. The predicted octanol–water partition coefficient (Wildman–Crippen LogP) is 0.839. The lowest BCUT2D eigenvalue weighted by Crippen LogP contribution is -1.87. The van der Waals surface area contributed by atoms with Crippen LogP contribution in [-0.2, 0) is 25.3 Å². The van der Waals surface area contributed by atoms with Crippen LogP contribution in [0.1, 0.15) is 6.92 Å². The zero-order chi connectivity index (χ0) is 14.3. The predicted molar refractivity (Wildman–Crippen MR) is 75.3 cm³/mol. The Kier molecular flexibility index (Phi) is 26.4. The van der Waals surface area contributed by atoms with Crippen LogP contribution in [0, 0.1) is 22.9 Å². The van der Waals surface area contributed by atoms with Gasteiger partial charge < -0.3 is 0 Å². The van der Waals surface area contributed by atoms with Gasteiger partial charge in [-0.1, -0.05) is 10.7 Å². The number of hydrogen-bond donors (Lipinski definition) is 1. The van der Waals surface area contributed by atoms with Crippen LogP contribution in [0.25, 0.3) is 0 Å². The molecule has 10 heteroatoms. The molecule has 7 nitrogen and oxygen atoms in total. The molecular weight excluding hydrogens is 275 g/mol. The maximum atomic E-state index is 10.4. The van der Waals surface area contributed by atoms with Gasteiger partial charge in [-0.25, -0.2) is 9.10 Å². The molecule has 1 N–H and O–H groups in total.